The minimum Gasteiger partial charge on any atom is -0.467 e. The average Bonchev–Trinajstić information content (AvgIpc) is 2.98. The van der Waals surface area contributed by atoms with Gasteiger partial charge in [0, 0.05) is 17.7 Å². The number of aryl methyl sites for hydroxylation is 2. The van der Waals surface area contributed by atoms with E-state index in [0.717, 1.165) is 34.8 Å². The molecule has 4 nitrogen and oxygen atoms in total. The Kier molecular flexibility index (Phi) is 3.53. The SMILES string of the molecule is Cc1cc2c(cc1C)N[C@H](c1ccco1)C1=C(CC(C)(C)CC1=O)N2. The van der Waals surface area contributed by atoms with Gasteiger partial charge in [0.1, 0.15) is 11.8 Å². The van der Waals surface area contributed by atoms with E-state index in [1.807, 2.05) is 12.1 Å². The summed E-state index contributed by atoms with van der Waals surface area (Å²) in [5.41, 5.74) is 6.25. The molecular formula is C21H24N2O2. The third-order valence-electron chi connectivity index (χ3n) is 5.26. The van der Waals surface area contributed by atoms with Crippen LogP contribution in [0.5, 0.6) is 0 Å². The van der Waals surface area contributed by atoms with Crippen molar-refractivity contribution in [3.05, 3.63) is 58.7 Å². The summed E-state index contributed by atoms with van der Waals surface area (Å²) >= 11 is 0. The Balaban J connectivity index is 1.90. The van der Waals surface area contributed by atoms with Crippen LogP contribution < -0.4 is 10.6 Å². The van der Waals surface area contributed by atoms with Crippen LogP contribution in [0.15, 0.2) is 46.2 Å². The van der Waals surface area contributed by atoms with Crippen LogP contribution in [0, 0.1) is 19.3 Å². The highest BCUT2D eigenvalue weighted by Crippen LogP contribution is 2.45. The number of furan rings is 1. The molecule has 1 atom stereocenters. The molecule has 4 heteroatoms. The van der Waals surface area contributed by atoms with Crippen LogP contribution in [0.25, 0.3) is 0 Å². The Morgan fingerprint density at radius 3 is 2.52 bits per heavy atom. The monoisotopic (exact) mass is 336 g/mol. The fourth-order valence-corrected chi connectivity index (χ4v) is 3.88. The van der Waals surface area contributed by atoms with E-state index in [1.54, 1.807) is 6.26 Å². The molecule has 0 bridgehead atoms. The lowest BCUT2D eigenvalue weighted by Crippen LogP contribution is -2.31. The topological polar surface area (TPSA) is 54.3 Å². The number of Topliss-reactive ketones (excluding diaryl/α,β-unsaturated/α-hetero) is 1. The van der Waals surface area contributed by atoms with Gasteiger partial charge in [-0.25, -0.2) is 0 Å². The largest absolute Gasteiger partial charge is 0.467 e. The van der Waals surface area contributed by atoms with Crippen molar-refractivity contribution in [1.82, 2.24) is 0 Å². The number of carbonyl (C=O) groups excluding carboxylic acids is 1. The van der Waals surface area contributed by atoms with Gasteiger partial charge >= 0.3 is 0 Å². The predicted molar refractivity (Wildman–Crippen MR) is 99.7 cm³/mol. The van der Waals surface area contributed by atoms with Gasteiger partial charge in [0.15, 0.2) is 5.78 Å². The van der Waals surface area contributed by atoms with Crippen molar-refractivity contribution in [1.29, 1.82) is 0 Å². The summed E-state index contributed by atoms with van der Waals surface area (Å²) in [7, 11) is 0. The Morgan fingerprint density at radius 2 is 1.84 bits per heavy atom. The van der Waals surface area contributed by atoms with Crippen LogP contribution in [0.3, 0.4) is 0 Å². The van der Waals surface area contributed by atoms with Crippen LogP contribution in [0.4, 0.5) is 11.4 Å². The first-order valence-corrected chi connectivity index (χ1v) is 8.78. The molecule has 0 amide bonds. The Hall–Kier alpha value is -2.49. The highest BCUT2D eigenvalue weighted by Gasteiger charge is 2.39. The third kappa shape index (κ3) is 2.76. The maximum absolute atomic E-state index is 13.0. The highest BCUT2D eigenvalue weighted by molar-refractivity contribution is 6.01. The van der Waals surface area contributed by atoms with Crippen LogP contribution in [-0.2, 0) is 4.79 Å². The molecule has 0 radical (unpaired) electrons. The minimum absolute atomic E-state index is 0.0408. The van der Waals surface area contributed by atoms with E-state index in [0.29, 0.717) is 6.42 Å². The normalized spacial score (nSPS) is 21.8. The molecule has 0 unspecified atom stereocenters. The zero-order chi connectivity index (χ0) is 17.8. The second-order valence-corrected chi connectivity index (χ2v) is 8.03. The highest BCUT2D eigenvalue weighted by atomic mass is 16.3. The molecule has 1 aromatic heterocycles. The summed E-state index contributed by atoms with van der Waals surface area (Å²) < 4.78 is 5.67. The van der Waals surface area contributed by atoms with Gasteiger partial charge in [-0.05, 0) is 61.1 Å². The summed E-state index contributed by atoms with van der Waals surface area (Å²) in [4.78, 5) is 13.0. The molecule has 2 N–H and O–H groups in total. The first-order valence-electron chi connectivity index (χ1n) is 8.78. The first kappa shape index (κ1) is 16.0. The second-order valence-electron chi connectivity index (χ2n) is 8.03. The summed E-state index contributed by atoms with van der Waals surface area (Å²) in [5.74, 6) is 0.960. The summed E-state index contributed by atoms with van der Waals surface area (Å²) in [5, 5.41) is 7.11. The van der Waals surface area contributed by atoms with Crippen molar-refractivity contribution in [3.8, 4) is 0 Å². The van der Waals surface area contributed by atoms with Gasteiger partial charge in [-0.15, -0.1) is 0 Å². The van der Waals surface area contributed by atoms with Gasteiger partial charge in [-0.2, -0.15) is 0 Å². The molecule has 130 valence electrons. The molecule has 2 aliphatic rings. The zero-order valence-electron chi connectivity index (χ0n) is 15.2. The number of hydrogen-bond acceptors (Lipinski definition) is 4. The van der Waals surface area contributed by atoms with Crippen molar-refractivity contribution < 1.29 is 9.21 Å². The molecule has 0 spiro atoms. The van der Waals surface area contributed by atoms with Crippen molar-refractivity contribution in [2.24, 2.45) is 5.41 Å². The van der Waals surface area contributed by atoms with Gasteiger partial charge < -0.3 is 15.1 Å². The summed E-state index contributed by atoms with van der Waals surface area (Å²) in [6, 6.07) is 7.83. The minimum atomic E-state index is -0.260. The lowest BCUT2D eigenvalue weighted by Gasteiger charge is -2.33. The fourth-order valence-electron chi connectivity index (χ4n) is 3.88. The number of fused-ring (bicyclic) bond motifs is 1. The molecule has 1 aliphatic heterocycles. The quantitative estimate of drug-likeness (QED) is 0.759. The molecule has 1 aliphatic carbocycles. The zero-order valence-corrected chi connectivity index (χ0v) is 15.2. The Bertz CT molecular complexity index is 876. The van der Waals surface area contributed by atoms with E-state index in [4.69, 9.17) is 4.42 Å². The number of anilines is 2. The number of carbonyl (C=O) groups is 1. The van der Waals surface area contributed by atoms with Crippen molar-refractivity contribution in [2.75, 3.05) is 10.6 Å². The molecule has 0 saturated heterocycles. The van der Waals surface area contributed by atoms with E-state index in [-0.39, 0.29) is 17.2 Å². The molecular weight excluding hydrogens is 312 g/mol. The smallest absolute Gasteiger partial charge is 0.163 e. The number of hydrogen-bond donors (Lipinski definition) is 2. The molecule has 0 saturated carbocycles. The van der Waals surface area contributed by atoms with Crippen molar-refractivity contribution >= 4 is 17.2 Å². The predicted octanol–water partition coefficient (Wildman–Crippen LogP) is 5.12. The first-order chi connectivity index (χ1) is 11.8. The van der Waals surface area contributed by atoms with Crippen LogP contribution in [0.2, 0.25) is 0 Å². The van der Waals surface area contributed by atoms with Gasteiger partial charge in [0.25, 0.3) is 0 Å². The van der Waals surface area contributed by atoms with Crippen LogP contribution >= 0.6 is 0 Å². The average molecular weight is 336 g/mol. The number of rotatable bonds is 1. The van der Waals surface area contributed by atoms with Crippen LogP contribution in [-0.4, -0.2) is 5.78 Å². The van der Waals surface area contributed by atoms with E-state index < -0.39 is 0 Å². The maximum Gasteiger partial charge on any atom is 0.163 e. The summed E-state index contributed by atoms with van der Waals surface area (Å²) in [6.45, 7) is 8.51. The van der Waals surface area contributed by atoms with E-state index in [9.17, 15) is 4.79 Å². The molecule has 2 heterocycles. The number of ketones is 1. The molecule has 0 fully saturated rings. The Morgan fingerprint density at radius 1 is 1.12 bits per heavy atom. The molecule has 2 aromatic rings. The van der Waals surface area contributed by atoms with Gasteiger partial charge in [0.05, 0.1) is 17.6 Å². The van der Waals surface area contributed by atoms with Crippen molar-refractivity contribution in [2.45, 2.75) is 46.6 Å². The van der Waals surface area contributed by atoms with Gasteiger partial charge in [-0.1, -0.05) is 13.8 Å². The third-order valence-corrected chi connectivity index (χ3v) is 5.26. The number of benzene rings is 1. The molecule has 4 rings (SSSR count). The van der Waals surface area contributed by atoms with E-state index in [2.05, 4.69) is 50.5 Å². The molecule has 1 aromatic carbocycles. The lowest BCUT2D eigenvalue weighted by atomic mass is 9.74. The fraction of sp³-hybridized carbons (Fsp3) is 0.381. The van der Waals surface area contributed by atoms with Gasteiger partial charge in [0.2, 0.25) is 0 Å². The lowest BCUT2D eigenvalue weighted by molar-refractivity contribution is -0.118. The number of allylic oxidation sites excluding steroid dienone is 1. The van der Waals surface area contributed by atoms with E-state index in [1.165, 1.54) is 11.1 Å². The summed E-state index contributed by atoms with van der Waals surface area (Å²) in [6.07, 6.45) is 3.06. The number of nitrogens with one attached hydrogen (secondary N) is 2. The second kappa shape index (κ2) is 5.51. The van der Waals surface area contributed by atoms with Crippen molar-refractivity contribution in [3.63, 3.8) is 0 Å². The van der Waals surface area contributed by atoms with E-state index >= 15 is 0 Å². The van der Waals surface area contributed by atoms with Gasteiger partial charge in [-0.3, -0.25) is 4.79 Å². The molecule has 25 heavy (non-hydrogen) atoms. The standard InChI is InChI=1S/C21H24N2O2/c1-12-8-14-15(9-13(12)2)23-20(18-6-5-7-25-18)19-16(22-14)10-21(3,4)11-17(19)24/h5-9,20,22-23H,10-11H2,1-4H3/t20-/m1/s1. The maximum atomic E-state index is 13.0. The van der Waals surface area contributed by atoms with Crippen LogP contribution in [0.1, 0.15) is 49.6 Å². The Labute approximate surface area is 148 Å².